The Bertz CT molecular complexity index is 1100. The average Bonchev–Trinajstić information content (AvgIpc) is 2.92. The van der Waals surface area contributed by atoms with Crippen LogP contribution in [-0.2, 0) is 28.2 Å². The van der Waals surface area contributed by atoms with E-state index < -0.39 is 33.3 Å². The van der Waals surface area contributed by atoms with Gasteiger partial charge in [-0.1, -0.05) is 71.1 Å². The van der Waals surface area contributed by atoms with Crippen LogP contribution in [0.5, 0.6) is 0 Å². The molecule has 1 atom stereocenters. The van der Waals surface area contributed by atoms with Crippen LogP contribution in [0.1, 0.15) is 101 Å². The molecule has 0 radical (unpaired) electrons. The molecule has 0 aromatic rings. The van der Waals surface area contributed by atoms with Gasteiger partial charge in [-0.05, 0) is 59.0 Å². The number of thioether (sulfide) groups is 1. The molecule has 0 fully saturated rings. The van der Waals surface area contributed by atoms with Gasteiger partial charge in [-0.25, -0.2) is 0 Å². The quantitative estimate of drug-likeness (QED) is 0.0456. The van der Waals surface area contributed by atoms with Crippen molar-refractivity contribution in [3.05, 3.63) is 0 Å². The van der Waals surface area contributed by atoms with Crippen LogP contribution < -0.4 is 68.9 Å². The molecule has 240 valence electrons. The van der Waals surface area contributed by atoms with Gasteiger partial charge in [-0.15, -0.1) is 6.42 Å². The van der Waals surface area contributed by atoms with Crippen LogP contribution in [0, 0.1) is 59.0 Å². The third-order valence-corrected chi connectivity index (χ3v) is 5.75. The number of hydrogen-bond acceptors (Lipinski definition) is 10. The summed E-state index contributed by atoms with van der Waals surface area (Å²) >= 11 is 0.898. The van der Waals surface area contributed by atoms with Gasteiger partial charge in [0.05, 0.1) is 21.0 Å². The maximum atomic E-state index is 11.8. The minimum atomic E-state index is -5.15. The fraction of sp³-hybridized carbons (Fsp3) is 0.600. The van der Waals surface area contributed by atoms with E-state index in [0.717, 1.165) is 31.0 Å². The molecular formula is C30H53Na2O9PS. The molecule has 0 saturated heterocycles. The van der Waals surface area contributed by atoms with Crippen LogP contribution in [0.2, 0.25) is 0 Å². The van der Waals surface area contributed by atoms with Crippen molar-refractivity contribution < 1.29 is 112 Å². The SMILES string of the molecule is C#CC#CC#CC#CC#CSC(C)=O.CCCCCCCCCCCCCC(=O)O[C@@H](COCO)COP(=O)([O-])[O-].[HH].[HH].[HH].[HH].[HH].[HH].[HH].[Na+].[Na+]. The maximum absolute atomic E-state index is 11.8. The number of aliphatic hydroxyl groups excluding tert-OH is 1. The predicted octanol–water partition coefficient (Wildman–Crippen LogP) is -0.989. The smallest absolute Gasteiger partial charge is 0.790 e. The number of unbranched alkanes of at least 4 members (excludes halogenated alkanes) is 10. The molecule has 43 heavy (non-hydrogen) atoms. The van der Waals surface area contributed by atoms with Crippen molar-refractivity contribution >= 4 is 30.7 Å². The largest absolute Gasteiger partial charge is 1.00 e. The standard InChI is InChI=1S/C18H37O8P.C12H4OS.2Na.7H2/c1-2-3-4-5-6-7-8-9-10-11-12-13-18(20)26-17(14-24-16-19)15-25-27(21,22)23;1-3-4-5-6-7-8-9-10-11-14-12(2)13;;;;;;;;;/h17,19H,2-16H2,1H3,(H2,21,22,23);1H,2H3;;;7*1H/q;;2*+1;;;;;;;/p-2/t17-;;;;;;;;;;/m0........../s1. The number of hydrogen-bond donors (Lipinski definition) is 1. The Morgan fingerprint density at radius 1 is 0.860 bits per heavy atom. The van der Waals surface area contributed by atoms with Crippen LogP contribution in [-0.4, -0.2) is 42.3 Å². The number of terminal acetylenes is 1. The van der Waals surface area contributed by atoms with Gasteiger partial charge >= 0.3 is 65.1 Å². The molecule has 0 heterocycles. The topological polar surface area (TPSA) is 145 Å². The molecule has 1 N–H and O–H groups in total. The molecule has 0 aromatic heterocycles. The molecule has 0 bridgehead atoms. The summed E-state index contributed by atoms with van der Waals surface area (Å²) in [5.74, 6) is 18.5. The molecule has 0 rings (SSSR count). The first-order valence-electron chi connectivity index (χ1n) is 13.3. The molecule has 9 nitrogen and oxygen atoms in total. The molecule has 13 heteroatoms. The molecule has 0 aromatic carbocycles. The van der Waals surface area contributed by atoms with Gasteiger partial charge in [-0.2, -0.15) is 0 Å². The second kappa shape index (κ2) is 37.5. The summed E-state index contributed by atoms with van der Waals surface area (Å²) in [5.41, 5.74) is 0. The van der Waals surface area contributed by atoms with E-state index in [1.807, 2.05) is 0 Å². The Labute approximate surface area is 316 Å². The van der Waals surface area contributed by atoms with Crippen LogP contribution >= 0.6 is 19.6 Å². The number of phosphoric ester groups is 1. The zero-order valence-corrected chi connectivity index (χ0v) is 31.5. The summed E-state index contributed by atoms with van der Waals surface area (Å²) in [5, 5.41) is 11.0. The Morgan fingerprint density at radius 2 is 1.35 bits per heavy atom. The second-order valence-electron chi connectivity index (χ2n) is 8.36. The van der Waals surface area contributed by atoms with E-state index in [0.29, 0.717) is 6.42 Å². The molecular weight excluding hydrogens is 613 g/mol. The van der Waals surface area contributed by atoms with Gasteiger partial charge in [-0.3, -0.25) is 9.59 Å². The normalized spacial score (nSPS) is 9.77. The molecule has 0 unspecified atom stereocenters. The number of aliphatic hydroxyl groups is 1. The van der Waals surface area contributed by atoms with Gasteiger partial charge in [0.25, 0.3) is 0 Å². The monoisotopic (exact) mass is 666 g/mol. The van der Waals surface area contributed by atoms with Gasteiger partial charge in [0.1, 0.15) is 12.9 Å². The Hall–Kier alpha value is -0.680. The van der Waals surface area contributed by atoms with E-state index in [9.17, 15) is 23.9 Å². The summed E-state index contributed by atoms with van der Waals surface area (Å²) in [7, 11) is -5.15. The number of rotatable bonds is 19. The Morgan fingerprint density at radius 3 is 1.81 bits per heavy atom. The van der Waals surface area contributed by atoms with Gasteiger partial charge < -0.3 is 33.5 Å². The number of esters is 1. The first-order chi connectivity index (χ1) is 19.7. The zero-order valence-electron chi connectivity index (χ0n) is 25.8. The van der Waals surface area contributed by atoms with Crippen LogP contribution in [0.25, 0.3) is 0 Å². The summed E-state index contributed by atoms with van der Waals surface area (Å²) in [6.45, 7) is 2.17. The van der Waals surface area contributed by atoms with Crippen molar-refractivity contribution in [2.45, 2.75) is 97.0 Å². The molecule has 0 spiro atoms. The van der Waals surface area contributed by atoms with Gasteiger partial charge in [0, 0.05) is 35.1 Å². The molecule has 0 aliphatic carbocycles. The van der Waals surface area contributed by atoms with E-state index in [2.05, 4.69) is 68.8 Å². The van der Waals surface area contributed by atoms with Gasteiger partial charge in [0.2, 0.25) is 0 Å². The Kier molecular flexibility index (Phi) is 42.9. The average molecular weight is 667 g/mol. The van der Waals surface area contributed by atoms with Crippen molar-refractivity contribution in [3.63, 3.8) is 0 Å². The van der Waals surface area contributed by atoms with Crippen LogP contribution in [0.3, 0.4) is 0 Å². The van der Waals surface area contributed by atoms with Crippen molar-refractivity contribution in [1.82, 2.24) is 0 Å². The molecule has 0 amide bonds. The molecule has 0 aliphatic rings. The number of phosphoric acid groups is 1. The molecule has 0 aliphatic heterocycles. The van der Waals surface area contributed by atoms with Crippen molar-refractivity contribution in [2.24, 2.45) is 0 Å². The third kappa shape index (κ3) is 45.9. The fourth-order valence-electron chi connectivity index (χ4n) is 2.97. The van der Waals surface area contributed by atoms with Crippen molar-refractivity contribution in [3.8, 4) is 59.0 Å². The number of carbonyl (C=O) groups is 2. The summed E-state index contributed by atoms with van der Waals surface area (Å²) in [6.07, 6.45) is 16.9. The minimum absolute atomic E-state index is 0. The first-order valence-corrected chi connectivity index (χ1v) is 15.6. The number of carbonyl (C=O) groups excluding carboxylic acids is 2. The van der Waals surface area contributed by atoms with E-state index in [1.165, 1.54) is 51.9 Å². The van der Waals surface area contributed by atoms with E-state index in [-0.39, 0.29) is 87.2 Å². The third-order valence-electron chi connectivity index (χ3n) is 4.79. The van der Waals surface area contributed by atoms with Crippen molar-refractivity contribution in [1.29, 1.82) is 0 Å². The predicted molar refractivity (Wildman–Crippen MR) is 171 cm³/mol. The maximum Gasteiger partial charge on any atom is 1.00 e. The molecule has 0 saturated carbocycles. The van der Waals surface area contributed by atoms with Crippen molar-refractivity contribution in [2.75, 3.05) is 20.0 Å². The van der Waals surface area contributed by atoms with E-state index >= 15 is 0 Å². The van der Waals surface area contributed by atoms with E-state index in [4.69, 9.17) is 16.3 Å². The van der Waals surface area contributed by atoms with Gasteiger partial charge in [0.15, 0.2) is 5.12 Å². The minimum Gasteiger partial charge on any atom is -0.790 e. The zero-order chi connectivity index (χ0) is 31.0. The van der Waals surface area contributed by atoms with E-state index in [1.54, 1.807) is 0 Å². The fourth-order valence-corrected chi connectivity index (χ4v) is 3.56. The summed E-state index contributed by atoms with van der Waals surface area (Å²) in [4.78, 5) is 43.2. The Balaban J connectivity index is -0.0000000646. The summed E-state index contributed by atoms with van der Waals surface area (Å²) < 4.78 is 24.3. The van der Waals surface area contributed by atoms with Crippen LogP contribution in [0.4, 0.5) is 0 Å². The van der Waals surface area contributed by atoms with Crippen LogP contribution in [0.15, 0.2) is 0 Å². The first kappa shape index (κ1) is 49.2. The number of ether oxygens (including phenoxy) is 2. The second-order valence-corrected chi connectivity index (χ2v) is 10.5. The summed E-state index contributed by atoms with van der Waals surface area (Å²) in [6, 6.07) is 0.